The molecular weight excluding hydrogens is 92.1 g/mol. The Bertz CT molecular complexity index is 27.3. The smallest absolute Gasteiger partial charge is 0.0745 e. The van der Waals surface area contributed by atoms with Crippen LogP contribution in [0.25, 0.3) is 0 Å². The zero-order valence-corrected chi connectivity index (χ0v) is 5.14. The van der Waals surface area contributed by atoms with Crippen molar-refractivity contribution in [2.75, 3.05) is 13.7 Å². The van der Waals surface area contributed by atoms with Crippen molar-refractivity contribution in [1.82, 2.24) is 0 Å². The van der Waals surface area contributed by atoms with Crippen molar-refractivity contribution in [2.45, 2.75) is 13.0 Å². The first-order valence-electron chi connectivity index (χ1n) is 1.94. The summed E-state index contributed by atoms with van der Waals surface area (Å²) in [6, 6.07) is 0. The maximum Gasteiger partial charge on any atom is 0.0745 e. The Kier molecular flexibility index (Phi) is 8.47. The predicted molar refractivity (Wildman–Crippen MR) is 30.0 cm³/mol. The third-order valence-electron chi connectivity index (χ3n) is 0.408. The lowest BCUT2D eigenvalue weighted by Crippen LogP contribution is -2.07. The van der Waals surface area contributed by atoms with Gasteiger partial charge in [-0.1, -0.05) is 7.43 Å². The Morgan fingerprint density at radius 3 is 2.14 bits per heavy atom. The number of ether oxygens (including phenoxy) is 1. The van der Waals surface area contributed by atoms with Crippen molar-refractivity contribution in [3.05, 3.63) is 7.43 Å². The molecule has 0 aliphatic carbocycles. The highest BCUT2D eigenvalue weighted by atomic mass is 16.5. The minimum absolute atomic E-state index is 0. The monoisotopic (exact) mass is 105 g/mol. The Morgan fingerprint density at radius 1 is 1.71 bits per heavy atom. The van der Waals surface area contributed by atoms with Crippen molar-refractivity contribution in [1.29, 1.82) is 0 Å². The van der Waals surface area contributed by atoms with Crippen LogP contribution < -0.4 is 0 Å². The van der Waals surface area contributed by atoms with Gasteiger partial charge < -0.3 is 9.84 Å². The number of hydrogen-bond acceptors (Lipinski definition) is 2. The summed E-state index contributed by atoms with van der Waals surface area (Å²) < 4.78 is 4.55. The molecule has 7 heavy (non-hydrogen) atoms. The van der Waals surface area contributed by atoms with Gasteiger partial charge in [-0.05, 0) is 6.92 Å². The number of hydrogen-bond donors (Lipinski definition) is 1. The molecule has 45 valence electrons. The molecule has 2 nitrogen and oxygen atoms in total. The van der Waals surface area contributed by atoms with E-state index >= 15 is 0 Å². The summed E-state index contributed by atoms with van der Waals surface area (Å²) in [4.78, 5) is 0. The second kappa shape index (κ2) is 5.92. The van der Waals surface area contributed by atoms with Crippen LogP contribution in [0.4, 0.5) is 0 Å². The predicted octanol–water partition coefficient (Wildman–Crippen LogP) is 0.464. The van der Waals surface area contributed by atoms with Crippen LogP contribution >= 0.6 is 0 Å². The maximum atomic E-state index is 8.43. The molecule has 0 aromatic heterocycles. The highest BCUT2D eigenvalue weighted by Crippen LogP contribution is 1.75. The van der Waals surface area contributed by atoms with E-state index in [2.05, 4.69) is 4.74 Å². The molecule has 0 aliphatic rings. The minimum Gasteiger partial charge on any atom is -0.391 e. The van der Waals surface area contributed by atoms with E-state index in [1.54, 1.807) is 14.0 Å². The van der Waals surface area contributed by atoms with Crippen LogP contribution in [0.15, 0.2) is 0 Å². The average Bonchev–Trinajstić information content (AvgIpc) is 1.35. The van der Waals surface area contributed by atoms with Gasteiger partial charge in [0.05, 0.1) is 12.7 Å². The van der Waals surface area contributed by atoms with Gasteiger partial charge in [-0.2, -0.15) is 0 Å². The van der Waals surface area contributed by atoms with Gasteiger partial charge in [0.15, 0.2) is 0 Å². The van der Waals surface area contributed by atoms with Gasteiger partial charge in [-0.15, -0.1) is 0 Å². The molecule has 0 amide bonds. The van der Waals surface area contributed by atoms with Crippen LogP contribution in [0.2, 0.25) is 0 Å². The molecule has 0 spiro atoms. The number of aliphatic hydroxyl groups excluding tert-OH is 1. The van der Waals surface area contributed by atoms with Crippen molar-refractivity contribution >= 4 is 0 Å². The molecule has 0 fully saturated rings. The molecule has 0 aromatic rings. The molecule has 0 saturated carbocycles. The summed E-state index contributed by atoms with van der Waals surface area (Å²) in [5.74, 6) is 0. The van der Waals surface area contributed by atoms with E-state index in [1.165, 1.54) is 0 Å². The van der Waals surface area contributed by atoms with Gasteiger partial charge >= 0.3 is 0 Å². The summed E-state index contributed by atoms with van der Waals surface area (Å²) in [5.41, 5.74) is 0. The molecule has 0 rings (SSSR count). The van der Waals surface area contributed by atoms with Gasteiger partial charge in [-0.3, -0.25) is 0 Å². The van der Waals surface area contributed by atoms with Crippen molar-refractivity contribution in [3.63, 3.8) is 0 Å². The van der Waals surface area contributed by atoms with Crippen LogP contribution in [0, 0.1) is 7.43 Å². The van der Waals surface area contributed by atoms with E-state index in [9.17, 15) is 0 Å². The fourth-order valence-electron chi connectivity index (χ4n) is 0.241. The van der Waals surface area contributed by atoms with E-state index in [-0.39, 0.29) is 13.5 Å². The van der Waals surface area contributed by atoms with Crippen LogP contribution in [0.1, 0.15) is 6.92 Å². The quantitative estimate of drug-likeness (QED) is 0.553. The van der Waals surface area contributed by atoms with Crippen LogP contribution in [0.5, 0.6) is 0 Å². The number of methoxy groups -OCH3 is 1. The third-order valence-corrected chi connectivity index (χ3v) is 0.408. The lowest BCUT2D eigenvalue weighted by atomic mass is 10.5. The molecule has 1 radical (unpaired) electrons. The van der Waals surface area contributed by atoms with Crippen LogP contribution in [-0.4, -0.2) is 24.9 Å². The molecule has 0 heterocycles. The summed E-state index contributed by atoms with van der Waals surface area (Å²) in [7, 11) is 1.56. The van der Waals surface area contributed by atoms with Crippen LogP contribution in [0.3, 0.4) is 0 Å². The van der Waals surface area contributed by atoms with E-state index < -0.39 is 0 Å². The highest BCUT2D eigenvalue weighted by Gasteiger charge is 1.87. The highest BCUT2D eigenvalue weighted by molar-refractivity contribution is 4.36. The first-order valence-corrected chi connectivity index (χ1v) is 1.94. The minimum atomic E-state index is -0.324. The first kappa shape index (κ1) is 10.0. The maximum absolute atomic E-state index is 8.43. The molecule has 0 aliphatic heterocycles. The van der Waals surface area contributed by atoms with Crippen molar-refractivity contribution in [2.24, 2.45) is 0 Å². The molecule has 0 aromatic carbocycles. The zero-order valence-electron chi connectivity index (χ0n) is 5.14. The topological polar surface area (TPSA) is 29.5 Å². The SMILES string of the molecule is COCC(C)O.[CH3]. The number of rotatable bonds is 2. The molecule has 1 atom stereocenters. The second-order valence-corrected chi connectivity index (χ2v) is 1.30. The summed E-state index contributed by atoms with van der Waals surface area (Å²) in [6.45, 7) is 2.11. The molecule has 1 N–H and O–H groups in total. The molecular formula is C5H13O2. The van der Waals surface area contributed by atoms with Gasteiger partial charge in [0.2, 0.25) is 0 Å². The van der Waals surface area contributed by atoms with Crippen molar-refractivity contribution < 1.29 is 9.84 Å². The molecule has 0 saturated heterocycles. The fraction of sp³-hybridized carbons (Fsp3) is 0.800. The van der Waals surface area contributed by atoms with E-state index in [1.807, 2.05) is 0 Å². The average molecular weight is 105 g/mol. The summed E-state index contributed by atoms with van der Waals surface area (Å²) in [6.07, 6.45) is -0.324. The first-order chi connectivity index (χ1) is 2.77. The lowest BCUT2D eigenvalue weighted by molar-refractivity contribution is 0.0765. The summed E-state index contributed by atoms with van der Waals surface area (Å²) in [5, 5.41) is 8.43. The van der Waals surface area contributed by atoms with Gasteiger partial charge in [0.1, 0.15) is 0 Å². The molecule has 1 unspecified atom stereocenters. The third kappa shape index (κ3) is 10.7. The van der Waals surface area contributed by atoms with Gasteiger partial charge in [0.25, 0.3) is 0 Å². The Morgan fingerprint density at radius 2 is 2.14 bits per heavy atom. The normalized spacial score (nSPS) is 12.4. The van der Waals surface area contributed by atoms with E-state index in [4.69, 9.17) is 5.11 Å². The standard InChI is InChI=1S/C4H10O2.CH3/c1-4(5)3-6-2;/h4-5H,3H2,1-2H3;1H3. The largest absolute Gasteiger partial charge is 0.391 e. The summed E-state index contributed by atoms with van der Waals surface area (Å²) >= 11 is 0. The van der Waals surface area contributed by atoms with E-state index in [0.717, 1.165) is 0 Å². The second-order valence-electron chi connectivity index (χ2n) is 1.30. The van der Waals surface area contributed by atoms with Crippen LogP contribution in [-0.2, 0) is 4.74 Å². The molecule has 0 bridgehead atoms. The Labute approximate surface area is 45.1 Å². The Balaban J connectivity index is 0. The zero-order chi connectivity index (χ0) is 4.99. The van der Waals surface area contributed by atoms with Crippen molar-refractivity contribution in [3.8, 4) is 0 Å². The number of aliphatic hydroxyl groups is 1. The lowest BCUT2D eigenvalue weighted by Gasteiger charge is -1.97. The van der Waals surface area contributed by atoms with Gasteiger partial charge in [0, 0.05) is 7.11 Å². The molecule has 2 heteroatoms. The Hall–Kier alpha value is -0.0800. The van der Waals surface area contributed by atoms with E-state index in [0.29, 0.717) is 6.61 Å². The van der Waals surface area contributed by atoms with Gasteiger partial charge in [-0.25, -0.2) is 0 Å². The fourth-order valence-corrected chi connectivity index (χ4v) is 0.241.